The van der Waals surface area contributed by atoms with E-state index >= 15 is 0 Å². The van der Waals surface area contributed by atoms with Crippen LogP contribution < -0.4 is 4.74 Å². The summed E-state index contributed by atoms with van der Waals surface area (Å²) in [5.41, 5.74) is 6.37. The minimum absolute atomic E-state index is 0.0329. The number of carboxylic acid groups (broad SMARTS) is 1. The van der Waals surface area contributed by atoms with E-state index in [2.05, 4.69) is 37.3 Å². The summed E-state index contributed by atoms with van der Waals surface area (Å²) in [5, 5.41) is 9.41. The molecule has 0 radical (unpaired) electrons. The summed E-state index contributed by atoms with van der Waals surface area (Å²) in [5.74, 6) is 1.53. The molecule has 1 N–H and O–H groups in total. The molecule has 0 aliphatic heterocycles. The number of nitrogens with zero attached hydrogens (tertiary/aromatic N) is 1. The maximum atomic E-state index is 11.5. The number of aromatic nitrogens is 1. The number of oxazole rings is 1. The fraction of sp³-hybridized carbons (Fsp3) is 0.333. The zero-order valence-electron chi connectivity index (χ0n) is 20.7. The molecule has 1 aromatic heterocycles. The van der Waals surface area contributed by atoms with E-state index in [0.29, 0.717) is 18.9 Å². The molecule has 0 saturated carbocycles. The van der Waals surface area contributed by atoms with Crippen molar-refractivity contribution in [3.63, 3.8) is 0 Å². The lowest BCUT2D eigenvalue weighted by atomic mass is 9.89. The van der Waals surface area contributed by atoms with Crippen molar-refractivity contribution in [2.75, 3.05) is 6.61 Å². The first-order chi connectivity index (χ1) is 17.0. The van der Waals surface area contributed by atoms with Gasteiger partial charge in [0.25, 0.3) is 0 Å². The molecule has 2 aromatic carbocycles. The van der Waals surface area contributed by atoms with Crippen LogP contribution in [0.25, 0.3) is 16.7 Å². The number of hydrogen-bond acceptors (Lipinski definition) is 4. The molecule has 35 heavy (non-hydrogen) atoms. The molecule has 182 valence electrons. The van der Waals surface area contributed by atoms with Gasteiger partial charge in [0.2, 0.25) is 5.89 Å². The highest BCUT2D eigenvalue weighted by atomic mass is 16.5. The normalized spacial score (nSPS) is 15.5. The third-order valence-electron chi connectivity index (χ3n) is 6.51. The van der Waals surface area contributed by atoms with Gasteiger partial charge in [-0.15, -0.1) is 0 Å². The van der Waals surface area contributed by atoms with E-state index in [1.165, 1.54) is 5.56 Å². The average molecular weight is 472 g/mol. The first-order valence-corrected chi connectivity index (χ1v) is 12.4. The third kappa shape index (κ3) is 5.73. The Balaban J connectivity index is 1.53. The van der Waals surface area contributed by atoms with E-state index in [9.17, 15) is 9.90 Å². The van der Waals surface area contributed by atoms with Crippen molar-refractivity contribution in [1.82, 2.24) is 4.98 Å². The van der Waals surface area contributed by atoms with Crippen LogP contribution in [0.4, 0.5) is 0 Å². The zero-order valence-corrected chi connectivity index (χ0v) is 20.7. The summed E-state index contributed by atoms with van der Waals surface area (Å²) in [6, 6.07) is 14.3. The van der Waals surface area contributed by atoms with Crippen molar-refractivity contribution in [3.05, 3.63) is 89.2 Å². The standard InChI is InChI=1S/C30H33NO4/c1-4-6-10-21(5-2)30-31-27(20(3)35-30)15-16-34-25-17-23-13-14-24(18-28(32)33)29(23)26(19-25)22-11-8-7-9-12-22/h5-12,17,19,24H,4,13-16,18H2,1-3H3,(H,32,33)/b10-6-,21-5+. The molecular weight excluding hydrogens is 438 g/mol. The Kier molecular flexibility index (Phi) is 7.86. The van der Waals surface area contributed by atoms with Gasteiger partial charge in [0.15, 0.2) is 0 Å². The molecule has 4 rings (SSSR count). The maximum Gasteiger partial charge on any atom is 0.303 e. The number of rotatable bonds is 10. The van der Waals surface area contributed by atoms with Crippen LogP contribution in [0.1, 0.15) is 67.5 Å². The molecule has 1 aliphatic rings. The molecule has 5 nitrogen and oxygen atoms in total. The zero-order chi connectivity index (χ0) is 24.8. The Morgan fingerprint density at radius 3 is 2.77 bits per heavy atom. The van der Waals surface area contributed by atoms with Crippen LogP contribution in [0.15, 0.2) is 65.1 Å². The minimum Gasteiger partial charge on any atom is -0.493 e. The Labute approximate surface area is 207 Å². The number of carbonyl (C=O) groups is 1. The van der Waals surface area contributed by atoms with E-state index < -0.39 is 5.97 Å². The highest BCUT2D eigenvalue weighted by molar-refractivity contribution is 5.75. The van der Waals surface area contributed by atoms with Gasteiger partial charge in [0, 0.05) is 12.0 Å². The number of aliphatic carboxylic acids is 1. The quantitative estimate of drug-likeness (QED) is 0.318. The molecule has 0 spiro atoms. The Morgan fingerprint density at radius 1 is 1.26 bits per heavy atom. The van der Waals surface area contributed by atoms with Crippen molar-refractivity contribution in [1.29, 1.82) is 0 Å². The number of fused-ring (bicyclic) bond motifs is 1. The van der Waals surface area contributed by atoms with Gasteiger partial charge in [-0.05, 0) is 73.4 Å². The van der Waals surface area contributed by atoms with Gasteiger partial charge in [-0.25, -0.2) is 4.98 Å². The van der Waals surface area contributed by atoms with Crippen molar-refractivity contribution in [3.8, 4) is 16.9 Å². The number of ether oxygens (including phenoxy) is 1. The Morgan fingerprint density at radius 2 is 2.06 bits per heavy atom. The van der Waals surface area contributed by atoms with Crippen molar-refractivity contribution in [2.45, 2.75) is 58.8 Å². The molecular formula is C30H33NO4. The molecule has 1 unspecified atom stereocenters. The molecule has 1 heterocycles. The van der Waals surface area contributed by atoms with Crippen LogP contribution in [0.5, 0.6) is 5.75 Å². The SMILES string of the molecule is C/C=C(\C=C/CC)c1nc(CCOc2cc3c(c(-c4ccccc4)c2)C(CC(=O)O)CC3)c(C)o1. The molecule has 3 aromatic rings. The lowest BCUT2D eigenvalue weighted by Gasteiger charge is -2.17. The second kappa shape index (κ2) is 11.2. The number of benzene rings is 2. The summed E-state index contributed by atoms with van der Waals surface area (Å²) in [7, 11) is 0. The van der Waals surface area contributed by atoms with E-state index in [1.54, 1.807) is 0 Å². The molecule has 0 bridgehead atoms. The summed E-state index contributed by atoms with van der Waals surface area (Å²) < 4.78 is 12.1. The summed E-state index contributed by atoms with van der Waals surface area (Å²) in [4.78, 5) is 16.2. The van der Waals surface area contributed by atoms with Crippen molar-refractivity contribution in [2.24, 2.45) is 0 Å². The van der Waals surface area contributed by atoms with Gasteiger partial charge < -0.3 is 14.3 Å². The molecule has 1 aliphatic carbocycles. The van der Waals surface area contributed by atoms with Gasteiger partial charge in [-0.3, -0.25) is 4.79 Å². The summed E-state index contributed by atoms with van der Waals surface area (Å²) in [6.45, 7) is 6.50. The monoisotopic (exact) mass is 471 g/mol. The predicted molar refractivity (Wildman–Crippen MR) is 139 cm³/mol. The summed E-state index contributed by atoms with van der Waals surface area (Å²) >= 11 is 0. The predicted octanol–water partition coefficient (Wildman–Crippen LogP) is 7.15. The number of allylic oxidation sites excluding steroid dienone is 4. The van der Waals surface area contributed by atoms with Crippen LogP contribution in [0.3, 0.4) is 0 Å². The molecule has 5 heteroatoms. The van der Waals surface area contributed by atoms with Gasteiger partial charge >= 0.3 is 5.97 Å². The number of carboxylic acids is 1. The lowest BCUT2D eigenvalue weighted by Crippen LogP contribution is -2.06. The van der Waals surface area contributed by atoms with Crippen LogP contribution >= 0.6 is 0 Å². The second-order valence-electron chi connectivity index (χ2n) is 8.92. The van der Waals surface area contributed by atoms with Gasteiger partial charge in [-0.1, -0.05) is 55.5 Å². The molecule has 0 fully saturated rings. The third-order valence-corrected chi connectivity index (χ3v) is 6.51. The van der Waals surface area contributed by atoms with E-state index in [4.69, 9.17) is 14.1 Å². The molecule has 0 amide bonds. The van der Waals surface area contributed by atoms with E-state index in [0.717, 1.165) is 58.7 Å². The maximum absolute atomic E-state index is 11.5. The topological polar surface area (TPSA) is 72.6 Å². The molecule has 1 atom stereocenters. The fourth-order valence-electron chi connectivity index (χ4n) is 4.79. The van der Waals surface area contributed by atoms with Gasteiger partial charge in [-0.2, -0.15) is 0 Å². The lowest BCUT2D eigenvalue weighted by molar-refractivity contribution is -0.137. The number of aryl methyl sites for hydroxylation is 2. The number of hydrogen-bond donors (Lipinski definition) is 1. The van der Waals surface area contributed by atoms with E-state index in [1.807, 2.05) is 44.2 Å². The van der Waals surface area contributed by atoms with E-state index in [-0.39, 0.29) is 12.3 Å². The Bertz CT molecular complexity index is 1240. The van der Waals surface area contributed by atoms with Crippen molar-refractivity contribution < 1.29 is 19.1 Å². The first-order valence-electron chi connectivity index (χ1n) is 12.4. The van der Waals surface area contributed by atoms with Crippen molar-refractivity contribution >= 4 is 11.5 Å². The minimum atomic E-state index is -0.754. The van der Waals surface area contributed by atoms with Crippen LogP contribution in [0, 0.1) is 6.92 Å². The highest BCUT2D eigenvalue weighted by Crippen LogP contribution is 2.44. The smallest absolute Gasteiger partial charge is 0.303 e. The second-order valence-corrected chi connectivity index (χ2v) is 8.92. The largest absolute Gasteiger partial charge is 0.493 e. The highest BCUT2D eigenvalue weighted by Gasteiger charge is 2.28. The first kappa shape index (κ1) is 24.5. The van der Waals surface area contributed by atoms with Gasteiger partial charge in [0.1, 0.15) is 11.5 Å². The van der Waals surface area contributed by atoms with Crippen LogP contribution in [-0.2, 0) is 17.6 Å². The fourth-order valence-corrected chi connectivity index (χ4v) is 4.79. The molecule has 0 saturated heterocycles. The van der Waals surface area contributed by atoms with Crippen LogP contribution in [-0.4, -0.2) is 22.7 Å². The van der Waals surface area contributed by atoms with Gasteiger partial charge in [0.05, 0.1) is 18.7 Å². The summed E-state index contributed by atoms with van der Waals surface area (Å²) in [6.07, 6.45) is 9.62. The Hall–Kier alpha value is -3.60. The average Bonchev–Trinajstić information content (AvgIpc) is 3.42. The van der Waals surface area contributed by atoms with Crippen LogP contribution in [0.2, 0.25) is 0 Å².